The van der Waals surface area contributed by atoms with Crippen molar-refractivity contribution >= 4 is 5.82 Å². The van der Waals surface area contributed by atoms with Crippen molar-refractivity contribution in [3.8, 4) is 0 Å². The van der Waals surface area contributed by atoms with E-state index in [0.717, 1.165) is 44.1 Å². The molecule has 5 heteroatoms. The number of hydrogen-bond donors (Lipinski definition) is 3. The molecule has 1 saturated carbocycles. The predicted molar refractivity (Wildman–Crippen MR) is 66.3 cm³/mol. The van der Waals surface area contributed by atoms with Crippen LogP contribution in [0.4, 0.5) is 5.82 Å². The molecule has 1 aliphatic carbocycles. The third-order valence-electron chi connectivity index (χ3n) is 3.46. The Kier molecular flexibility index (Phi) is 2.84. The van der Waals surface area contributed by atoms with E-state index in [4.69, 9.17) is 0 Å². The monoisotopic (exact) mass is 234 g/mol. The minimum atomic E-state index is -0.0473. The number of aromatic amines is 1. The van der Waals surface area contributed by atoms with E-state index in [-0.39, 0.29) is 5.56 Å². The first-order valence-corrected chi connectivity index (χ1v) is 6.37. The summed E-state index contributed by atoms with van der Waals surface area (Å²) >= 11 is 0. The summed E-state index contributed by atoms with van der Waals surface area (Å²) in [5, 5.41) is 6.61. The summed E-state index contributed by atoms with van der Waals surface area (Å²) < 4.78 is 0. The van der Waals surface area contributed by atoms with Gasteiger partial charge in [0.1, 0.15) is 11.6 Å². The summed E-state index contributed by atoms with van der Waals surface area (Å²) in [5.41, 5.74) is -0.0473. The van der Waals surface area contributed by atoms with Gasteiger partial charge in [-0.05, 0) is 38.3 Å². The fourth-order valence-corrected chi connectivity index (χ4v) is 2.25. The second-order valence-electron chi connectivity index (χ2n) is 5.03. The number of nitrogens with zero attached hydrogens (tertiary/aromatic N) is 1. The van der Waals surface area contributed by atoms with Crippen molar-refractivity contribution < 1.29 is 0 Å². The number of H-pyrrole nitrogens is 1. The van der Waals surface area contributed by atoms with E-state index in [0.29, 0.717) is 11.8 Å². The van der Waals surface area contributed by atoms with Crippen LogP contribution in [0.1, 0.15) is 31.0 Å². The second kappa shape index (κ2) is 4.49. The molecule has 3 N–H and O–H groups in total. The Morgan fingerprint density at radius 3 is 3.00 bits per heavy atom. The minimum absolute atomic E-state index is 0.0473. The average molecular weight is 234 g/mol. The lowest BCUT2D eigenvalue weighted by Gasteiger charge is -2.10. The lowest BCUT2D eigenvalue weighted by molar-refractivity contribution is 0.613. The van der Waals surface area contributed by atoms with E-state index in [9.17, 15) is 4.79 Å². The fourth-order valence-electron chi connectivity index (χ4n) is 2.25. The summed E-state index contributed by atoms with van der Waals surface area (Å²) in [4.78, 5) is 18.8. The van der Waals surface area contributed by atoms with E-state index in [1.807, 2.05) is 0 Å². The first-order chi connectivity index (χ1) is 8.31. The van der Waals surface area contributed by atoms with Crippen LogP contribution >= 0.6 is 0 Å². The highest BCUT2D eigenvalue weighted by Gasteiger charge is 2.26. The zero-order valence-electron chi connectivity index (χ0n) is 9.83. The summed E-state index contributed by atoms with van der Waals surface area (Å²) in [6.45, 7) is 3.06. The molecule has 1 unspecified atom stereocenters. The van der Waals surface area contributed by atoms with Crippen LogP contribution in [0.15, 0.2) is 10.9 Å². The molecule has 1 atom stereocenters. The molecule has 0 radical (unpaired) electrons. The maximum Gasteiger partial charge on any atom is 0.252 e. The van der Waals surface area contributed by atoms with Crippen molar-refractivity contribution in [2.24, 2.45) is 5.92 Å². The number of hydrogen-bond acceptors (Lipinski definition) is 4. The second-order valence-corrected chi connectivity index (χ2v) is 5.03. The van der Waals surface area contributed by atoms with Gasteiger partial charge in [-0.1, -0.05) is 0 Å². The molecule has 2 fully saturated rings. The van der Waals surface area contributed by atoms with E-state index >= 15 is 0 Å². The lowest BCUT2D eigenvalue weighted by Crippen LogP contribution is -2.20. The van der Waals surface area contributed by atoms with Gasteiger partial charge in [0.05, 0.1) is 0 Å². The molecule has 0 spiro atoms. The highest BCUT2D eigenvalue weighted by molar-refractivity contribution is 5.34. The molecule has 1 aromatic heterocycles. The molecular formula is C12H18N4O. The lowest BCUT2D eigenvalue weighted by atomic mass is 10.1. The predicted octanol–water partition coefficient (Wildman–Crippen LogP) is 0.669. The van der Waals surface area contributed by atoms with Crippen molar-refractivity contribution in [1.29, 1.82) is 0 Å². The van der Waals surface area contributed by atoms with Crippen LogP contribution in [-0.2, 0) is 0 Å². The Morgan fingerprint density at radius 1 is 1.41 bits per heavy atom. The summed E-state index contributed by atoms with van der Waals surface area (Å²) in [6.07, 6.45) is 3.50. The van der Waals surface area contributed by atoms with Crippen molar-refractivity contribution in [3.63, 3.8) is 0 Å². The van der Waals surface area contributed by atoms with Crippen LogP contribution in [0.2, 0.25) is 0 Å². The van der Waals surface area contributed by atoms with E-state index in [1.165, 1.54) is 6.42 Å². The van der Waals surface area contributed by atoms with Crippen molar-refractivity contribution in [1.82, 2.24) is 15.3 Å². The van der Waals surface area contributed by atoms with Gasteiger partial charge >= 0.3 is 0 Å². The van der Waals surface area contributed by atoms with Crippen LogP contribution < -0.4 is 16.2 Å². The van der Waals surface area contributed by atoms with Gasteiger partial charge in [-0.15, -0.1) is 0 Å². The molecule has 17 heavy (non-hydrogen) atoms. The van der Waals surface area contributed by atoms with Gasteiger partial charge in [0.15, 0.2) is 0 Å². The average Bonchev–Trinajstić information content (AvgIpc) is 3.04. The molecular weight excluding hydrogens is 216 g/mol. The van der Waals surface area contributed by atoms with Gasteiger partial charge in [-0.25, -0.2) is 4.98 Å². The van der Waals surface area contributed by atoms with Crippen LogP contribution in [0, 0.1) is 5.92 Å². The molecule has 1 saturated heterocycles. The van der Waals surface area contributed by atoms with Gasteiger partial charge in [0.2, 0.25) is 0 Å². The Hall–Kier alpha value is -1.36. The SMILES string of the molecule is O=c1cc(NCC2CCNC2)nc(C2CC2)[nH]1. The normalized spacial score (nSPS) is 23.9. The molecule has 0 aromatic carbocycles. The molecule has 2 aliphatic rings. The Labute approximate surface area is 100 Å². The highest BCUT2D eigenvalue weighted by Crippen LogP contribution is 2.37. The van der Waals surface area contributed by atoms with Gasteiger partial charge in [-0.2, -0.15) is 0 Å². The summed E-state index contributed by atoms with van der Waals surface area (Å²) in [6, 6.07) is 1.55. The number of nitrogens with one attached hydrogen (secondary N) is 3. The molecule has 0 bridgehead atoms. The van der Waals surface area contributed by atoms with Crippen LogP contribution in [0.3, 0.4) is 0 Å². The Morgan fingerprint density at radius 2 is 2.29 bits per heavy atom. The zero-order valence-corrected chi connectivity index (χ0v) is 9.83. The van der Waals surface area contributed by atoms with Crippen LogP contribution in [0.25, 0.3) is 0 Å². The standard InChI is InChI=1S/C12H18N4O/c17-11-5-10(14-7-8-3-4-13-6-8)15-12(16-11)9-1-2-9/h5,8-9,13H,1-4,6-7H2,(H2,14,15,16,17). The summed E-state index contributed by atoms with van der Waals surface area (Å²) in [5.74, 6) is 2.71. The number of anilines is 1. The Bertz CT molecular complexity index is 446. The molecule has 3 rings (SSSR count). The zero-order chi connectivity index (χ0) is 11.7. The number of rotatable bonds is 4. The maximum absolute atomic E-state index is 11.5. The van der Waals surface area contributed by atoms with E-state index in [1.54, 1.807) is 6.07 Å². The summed E-state index contributed by atoms with van der Waals surface area (Å²) in [7, 11) is 0. The van der Waals surface area contributed by atoms with Crippen molar-refractivity contribution in [2.45, 2.75) is 25.2 Å². The van der Waals surface area contributed by atoms with Crippen LogP contribution in [0.5, 0.6) is 0 Å². The smallest absolute Gasteiger partial charge is 0.252 e. The van der Waals surface area contributed by atoms with E-state index < -0.39 is 0 Å². The fraction of sp³-hybridized carbons (Fsp3) is 0.667. The number of aromatic nitrogens is 2. The molecule has 1 aromatic rings. The van der Waals surface area contributed by atoms with Crippen molar-refractivity contribution in [2.75, 3.05) is 25.0 Å². The third-order valence-corrected chi connectivity index (χ3v) is 3.46. The van der Waals surface area contributed by atoms with Gasteiger partial charge in [-0.3, -0.25) is 4.79 Å². The van der Waals surface area contributed by atoms with Gasteiger partial charge in [0.25, 0.3) is 5.56 Å². The molecule has 2 heterocycles. The van der Waals surface area contributed by atoms with Gasteiger partial charge in [0, 0.05) is 18.5 Å². The van der Waals surface area contributed by atoms with Gasteiger partial charge < -0.3 is 15.6 Å². The molecule has 5 nitrogen and oxygen atoms in total. The third kappa shape index (κ3) is 2.66. The highest BCUT2D eigenvalue weighted by atomic mass is 16.1. The molecule has 1 aliphatic heterocycles. The largest absolute Gasteiger partial charge is 0.370 e. The van der Waals surface area contributed by atoms with E-state index in [2.05, 4.69) is 20.6 Å². The quantitative estimate of drug-likeness (QED) is 0.716. The topological polar surface area (TPSA) is 69.8 Å². The van der Waals surface area contributed by atoms with Crippen LogP contribution in [-0.4, -0.2) is 29.6 Å². The Balaban J connectivity index is 1.66. The minimum Gasteiger partial charge on any atom is -0.370 e. The van der Waals surface area contributed by atoms with Crippen molar-refractivity contribution in [3.05, 3.63) is 22.2 Å². The molecule has 92 valence electrons. The first-order valence-electron chi connectivity index (χ1n) is 6.37. The molecule has 0 amide bonds. The maximum atomic E-state index is 11.5. The first kappa shape index (κ1) is 10.8.